The second-order valence-electron chi connectivity index (χ2n) is 13.3. The molecule has 0 N–H and O–H groups in total. The molecule has 0 saturated heterocycles. The van der Waals surface area contributed by atoms with Crippen LogP contribution in [0.5, 0.6) is 0 Å². The summed E-state index contributed by atoms with van der Waals surface area (Å²) in [5.74, 6) is 0. The molecule has 2 aliphatic rings. The van der Waals surface area contributed by atoms with Crippen LogP contribution in [0.4, 0.5) is 0 Å². The predicted octanol–water partition coefficient (Wildman–Crippen LogP) is 15.6. The molecule has 1 nitrogen and oxygen atoms in total. The molecule has 0 amide bonds. The fourth-order valence-electron chi connectivity index (χ4n) is 7.41. The number of benzene rings is 6. The number of fused-ring (bicyclic) bond motifs is 6. The Kier molecular flexibility index (Phi) is 9.37. The average Bonchev–Trinajstić information content (AvgIpc) is 3.71. The summed E-state index contributed by atoms with van der Waals surface area (Å²) in [5, 5.41) is 3.66. The molecule has 0 spiro atoms. The van der Waals surface area contributed by atoms with E-state index in [4.69, 9.17) is 4.42 Å². The Morgan fingerprint density at radius 2 is 1.26 bits per heavy atom. The van der Waals surface area contributed by atoms with Gasteiger partial charge in [-0.15, -0.1) is 17.1 Å². The van der Waals surface area contributed by atoms with Crippen molar-refractivity contribution in [3.63, 3.8) is 0 Å². The Morgan fingerprint density at radius 3 is 2.09 bits per heavy atom. The molecule has 2 heterocycles. The summed E-state index contributed by atoms with van der Waals surface area (Å²) in [4.78, 5) is 3.77. The maximum atomic E-state index is 6.08. The number of allylic oxidation sites excluding steroid dienone is 5. The van der Waals surface area contributed by atoms with Crippen LogP contribution in [-0.4, -0.2) is 0 Å². The van der Waals surface area contributed by atoms with Crippen molar-refractivity contribution < 1.29 is 4.42 Å². The fraction of sp³-hybridized carbons (Fsp3) is 0.0784. The van der Waals surface area contributed by atoms with Gasteiger partial charge in [0.15, 0.2) is 0 Å². The molecule has 2 aromatic heterocycles. The van der Waals surface area contributed by atoms with Crippen molar-refractivity contribution in [2.24, 2.45) is 0 Å². The van der Waals surface area contributed by atoms with Crippen LogP contribution in [0.2, 0.25) is 0 Å². The van der Waals surface area contributed by atoms with Crippen LogP contribution < -0.4 is 0 Å². The standard InChI is InChI=1S/C49H32OS2.C2H6/c1-2-16-40(28-36(10-1)32-11-7-14-35(26-32)39-23-25-49-45(31-39)43-19-4-6-21-48(43)52-49)51-41-17-9-15-37(29-41)33-12-8-13-34(27-33)38-22-24-47-44(30-38)42-18-3-5-20-46(42)50-47;1-2/h1-5,7-15,17-20,22-31H,6,21H2;1-2H3. The average molecular weight is 731 g/mol. The first-order chi connectivity index (χ1) is 26.7. The van der Waals surface area contributed by atoms with Gasteiger partial charge in [-0.25, -0.2) is 0 Å². The van der Waals surface area contributed by atoms with Crippen LogP contribution >= 0.6 is 23.1 Å². The summed E-state index contributed by atoms with van der Waals surface area (Å²) < 4.78 is 7.46. The number of aryl methyl sites for hydroxylation is 1. The van der Waals surface area contributed by atoms with Crippen molar-refractivity contribution in [1.82, 2.24) is 0 Å². The second kappa shape index (κ2) is 14.9. The minimum atomic E-state index is 0.916. The number of furan rings is 1. The largest absolute Gasteiger partial charge is 0.456 e. The van der Waals surface area contributed by atoms with Crippen LogP contribution in [-0.2, 0) is 6.42 Å². The third kappa shape index (κ3) is 6.63. The first kappa shape index (κ1) is 34.0. The third-order valence-corrected chi connectivity index (χ3v) is 12.2. The van der Waals surface area contributed by atoms with E-state index in [1.807, 2.05) is 43.4 Å². The maximum absolute atomic E-state index is 6.08. The molecule has 0 bridgehead atoms. The van der Waals surface area contributed by atoms with Crippen molar-refractivity contribution >= 4 is 66.8 Å². The van der Waals surface area contributed by atoms with E-state index < -0.39 is 0 Å². The number of rotatable bonds is 6. The lowest BCUT2D eigenvalue weighted by Gasteiger charge is -2.10. The van der Waals surface area contributed by atoms with Gasteiger partial charge in [0.25, 0.3) is 0 Å². The van der Waals surface area contributed by atoms with Gasteiger partial charge in [-0.3, -0.25) is 0 Å². The van der Waals surface area contributed by atoms with Crippen LogP contribution in [0.25, 0.3) is 77.1 Å². The minimum absolute atomic E-state index is 0.916. The number of hydrogen-bond acceptors (Lipinski definition) is 3. The van der Waals surface area contributed by atoms with Gasteiger partial charge in [-0.2, -0.15) is 0 Å². The lowest BCUT2D eigenvalue weighted by molar-refractivity contribution is 0.669. The monoisotopic (exact) mass is 730 g/mol. The SMILES string of the molecule is C1=CC=CC(c2cccc(-c3ccc4sc5c(c4c3)C=CCC5)c2)=CC=1Sc1cccc(-c2cccc(-c3ccc4oc5ccccc5c4c3)c2)c1.CC. The lowest BCUT2D eigenvalue weighted by Crippen LogP contribution is -1.88. The molecular weight excluding hydrogens is 693 g/mol. The zero-order valence-electron chi connectivity index (χ0n) is 30.3. The maximum Gasteiger partial charge on any atom is 0.135 e. The first-order valence-corrected chi connectivity index (χ1v) is 20.3. The van der Waals surface area contributed by atoms with E-state index in [2.05, 4.69) is 157 Å². The highest BCUT2D eigenvalue weighted by atomic mass is 32.2. The summed E-state index contributed by atoms with van der Waals surface area (Å²) in [6.45, 7) is 4.00. The fourth-order valence-corrected chi connectivity index (χ4v) is 9.50. The molecule has 6 aromatic carbocycles. The summed E-state index contributed by atoms with van der Waals surface area (Å²) in [6, 6.07) is 48.2. The molecule has 0 atom stereocenters. The highest BCUT2D eigenvalue weighted by Crippen LogP contribution is 2.39. The molecule has 0 unspecified atom stereocenters. The van der Waals surface area contributed by atoms with Crippen molar-refractivity contribution in [3.8, 4) is 33.4 Å². The van der Waals surface area contributed by atoms with Crippen LogP contribution in [0.3, 0.4) is 0 Å². The predicted molar refractivity (Wildman–Crippen MR) is 235 cm³/mol. The molecule has 2 aliphatic carbocycles. The smallest absolute Gasteiger partial charge is 0.135 e. The summed E-state index contributed by atoms with van der Waals surface area (Å²) in [5.41, 5.74) is 16.4. The van der Waals surface area contributed by atoms with Crippen molar-refractivity contribution in [2.45, 2.75) is 31.6 Å². The van der Waals surface area contributed by atoms with Crippen molar-refractivity contribution in [1.29, 1.82) is 0 Å². The van der Waals surface area contributed by atoms with E-state index in [1.54, 1.807) is 11.8 Å². The van der Waals surface area contributed by atoms with Crippen molar-refractivity contribution in [2.75, 3.05) is 0 Å². The Labute approximate surface area is 325 Å². The topological polar surface area (TPSA) is 13.1 Å². The molecule has 0 fully saturated rings. The summed E-state index contributed by atoms with van der Waals surface area (Å²) in [6.07, 6.45) is 15.5. The molecule has 0 radical (unpaired) electrons. The Morgan fingerprint density at radius 1 is 0.593 bits per heavy atom. The molecule has 8 aromatic rings. The van der Waals surface area contributed by atoms with Crippen LogP contribution in [0, 0.1) is 0 Å². The van der Waals surface area contributed by atoms with E-state index >= 15 is 0 Å². The minimum Gasteiger partial charge on any atom is -0.456 e. The van der Waals surface area contributed by atoms with Gasteiger partial charge in [-0.1, -0.05) is 129 Å². The number of thiophene rings is 1. The van der Waals surface area contributed by atoms with Gasteiger partial charge in [0, 0.05) is 30.6 Å². The Hall–Kier alpha value is -5.83. The van der Waals surface area contributed by atoms with E-state index in [1.165, 1.54) is 69.9 Å². The van der Waals surface area contributed by atoms with Gasteiger partial charge < -0.3 is 4.42 Å². The number of hydrogen-bond donors (Lipinski definition) is 0. The van der Waals surface area contributed by atoms with Gasteiger partial charge in [-0.05, 0) is 130 Å². The molecule has 3 heteroatoms. The number of para-hydroxylation sites is 1. The van der Waals surface area contributed by atoms with Gasteiger partial charge in [0.2, 0.25) is 0 Å². The molecular formula is C51H38OS2. The molecule has 54 heavy (non-hydrogen) atoms. The second-order valence-corrected chi connectivity index (χ2v) is 15.6. The normalized spacial score (nSPS) is 13.4. The van der Waals surface area contributed by atoms with Crippen molar-refractivity contribution in [3.05, 3.63) is 190 Å². The zero-order chi connectivity index (χ0) is 36.4. The van der Waals surface area contributed by atoms with Gasteiger partial charge >= 0.3 is 0 Å². The molecule has 0 saturated carbocycles. The zero-order valence-corrected chi connectivity index (χ0v) is 31.9. The van der Waals surface area contributed by atoms with Crippen LogP contribution in [0.1, 0.15) is 36.3 Å². The molecule has 0 aliphatic heterocycles. The molecule has 10 rings (SSSR count). The Bertz CT molecular complexity index is 2870. The lowest BCUT2D eigenvalue weighted by atomic mass is 9.96. The highest BCUT2D eigenvalue weighted by molar-refractivity contribution is 8.03. The third-order valence-electron chi connectivity index (χ3n) is 10.0. The van der Waals surface area contributed by atoms with E-state index in [9.17, 15) is 0 Å². The van der Waals surface area contributed by atoms with Gasteiger partial charge in [0.05, 0.1) is 4.91 Å². The quantitative estimate of drug-likeness (QED) is 0.158. The van der Waals surface area contributed by atoms with E-state index in [0.717, 1.165) is 39.7 Å². The van der Waals surface area contributed by atoms with Crippen LogP contribution in [0.15, 0.2) is 184 Å². The van der Waals surface area contributed by atoms with E-state index in [-0.39, 0.29) is 0 Å². The summed E-state index contributed by atoms with van der Waals surface area (Å²) >= 11 is 3.69. The van der Waals surface area contributed by atoms with Gasteiger partial charge in [0.1, 0.15) is 11.2 Å². The highest BCUT2D eigenvalue weighted by Gasteiger charge is 2.14. The number of thioether (sulfide) groups is 1. The summed E-state index contributed by atoms with van der Waals surface area (Å²) in [7, 11) is 0. The Balaban J connectivity index is 0.00000189. The molecule has 260 valence electrons. The first-order valence-electron chi connectivity index (χ1n) is 18.7. The van der Waals surface area contributed by atoms with E-state index in [0.29, 0.717) is 0 Å².